The number of rotatable bonds is 7. The summed E-state index contributed by atoms with van der Waals surface area (Å²) >= 11 is 0. The average molecular weight is 342 g/mol. The fourth-order valence-electron chi connectivity index (χ4n) is 2.13. The fraction of sp³-hybridized carbons (Fsp3) is 0.263. The van der Waals surface area contributed by atoms with E-state index >= 15 is 0 Å². The van der Waals surface area contributed by atoms with Crippen molar-refractivity contribution in [2.45, 2.75) is 6.54 Å². The van der Waals surface area contributed by atoms with Crippen molar-refractivity contribution in [1.29, 1.82) is 0 Å². The Labute approximate surface area is 147 Å². The molecule has 0 aliphatic heterocycles. The van der Waals surface area contributed by atoms with Gasteiger partial charge in [-0.3, -0.25) is 4.79 Å². The van der Waals surface area contributed by atoms with Crippen LogP contribution in [0.15, 0.2) is 48.5 Å². The van der Waals surface area contributed by atoms with Gasteiger partial charge in [0.15, 0.2) is 6.61 Å². The maximum atomic E-state index is 11.9. The van der Waals surface area contributed by atoms with E-state index < -0.39 is 5.97 Å². The Hall–Kier alpha value is -3.02. The van der Waals surface area contributed by atoms with Crippen molar-refractivity contribution in [2.75, 3.05) is 32.7 Å². The van der Waals surface area contributed by atoms with E-state index in [4.69, 9.17) is 9.47 Å². The Balaban J connectivity index is 1.79. The zero-order chi connectivity index (χ0) is 18.2. The highest BCUT2D eigenvalue weighted by molar-refractivity contribution is 5.91. The Bertz CT molecular complexity index is 726. The molecule has 6 nitrogen and oxygen atoms in total. The number of esters is 1. The van der Waals surface area contributed by atoms with Crippen LogP contribution in [0.4, 0.5) is 5.69 Å². The summed E-state index contributed by atoms with van der Waals surface area (Å²) in [6.45, 7) is 0.0507. The van der Waals surface area contributed by atoms with Gasteiger partial charge in [0.25, 0.3) is 5.91 Å². The number of carbonyl (C=O) groups excluding carboxylic acids is 2. The van der Waals surface area contributed by atoms with Gasteiger partial charge >= 0.3 is 5.97 Å². The van der Waals surface area contributed by atoms with Crippen LogP contribution < -0.4 is 15.0 Å². The van der Waals surface area contributed by atoms with Crippen LogP contribution in [0.5, 0.6) is 5.75 Å². The van der Waals surface area contributed by atoms with Gasteiger partial charge in [0.05, 0.1) is 12.7 Å². The number of nitrogens with one attached hydrogen (secondary N) is 1. The largest absolute Gasteiger partial charge is 0.497 e. The summed E-state index contributed by atoms with van der Waals surface area (Å²) in [5.41, 5.74) is 2.40. The normalized spacial score (nSPS) is 10.0. The van der Waals surface area contributed by atoms with Gasteiger partial charge in [-0.05, 0) is 35.9 Å². The molecule has 0 fully saturated rings. The van der Waals surface area contributed by atoms with Crippen molar-refractivity contribution in [3.63, 3.8) is 0 Å². The van der Waals surface area contributed by atoms with Crippen LogP contribution in [-0.4, -0.2) is 39.7 Å². The molecular weight excluding hydrogens is 320 g/mol. The van der Waals surface area contributed by atoms with Gasteiger partial charge < -0.3 is 19.7 Å². The lowest BCUT2D eigenvalue weighted by atomic mass is 10.2. The van der Waals surface area contributed by atoms with E-state index in [0.717, 1.165) is 11.3 Å². The smallest absolute Gasteiger partial charge is 0.338 e. The maximum absolute atomic E-state index is 11.9. The molecule has 6 heteroatoms. The van der Waals surface area contributed by atoms with Crippen molar-refractivity contribution in [1.82, 2.24) is 5.32 Å². The third-order valence-electron chi connectivity index (χ3n) is 3.58. The molecule has 2 aromatic rings. The van der Waals surface area contributed by atoms with E-state index in [1.54, 1.807) is 24.3 Å². The van der Waals surface area contributed by atoms with Crippen molar-refractivity contribution in [3.8, 4) is 5.75 Å². The molecule has 25 heavy (non-hydrogen) atoms. The van der Waals surface area contributed by atoms with Gasteiger partial charge in [0.2, 0.25) is 0 Å². The number of nitrogens with zero attached hydrogens (tertiary/aromatic N) is 1. The zero-order valence-electron chi connectivity index (χ0n) is 14.6. The number of amides is 1. The summed E-state index contributed by atoms with van der Waals surface area (Å²) in [4.78, 5) is 25.8. The summed E-state index contributed by atoms with van der Waals surface area (Å²) in [5, 5.41) is 2.72. The number of ether oxygens (including phenoxy) is 2. The van der Waals surface area contributed by atoms with Crippen molar-refractivity contribution >= 4 is 17.6 Å². The molecule has 0 bridgehead atoms. The number of benzene rings is 2. The first-order valence-electron chi connectivity index (χ1n) is 7.83. The summed E-state index contributed by atoms with van der Waals surface area (Å²) < 4.78 is 10.1. The molecule has 2 rings (SSSR count). The standard InChI is InChI=1S/C19H22N2O4/c1-21(2)16-9-7-14(8-10-16)12-20-18(22)13-25-19(23)15-5-4-6-17(11-15)24-3/h4-11H,12-13H2,1-3H3,(H,20,22). The first-order chi connectivity index (χ1) is 12.0. The van der Waals surface area contributed by atoms with Gasteiger partial charge in [-0.2, -0.15) is 0 Å². The van der Waals surface area contributed by atoms with Crippen molar-refractivity contribution < 1.29 is 19.1 Å². The molecular formula is C19H22N2O4. The van der Waals surface area contributed by atoms with Crippen LogP contribution in [0.2, 0.25) is 0 Å². The Morgan fingerprint density at radius 1 is 1.08 bits per heavy atom. The molecule has 0 aromatic heterocycles. The topological polar surface area (TPSA) is 67.9 Å². The van der Waals surface area contributed by atoms with Gasteiger partial charge in [-0.1, -0.05) is 18.2 Å². The van der Waals surface area contributed by atoms with E-state index in [9.17, 15) is 9.59 Å². The molecule has 0 saturated heterocycles. The highest BCUT2D eigenvalue weighted by atomic mass is 16.5. The molecule has 0 aliphatic carbocycles. The predicted molar refractivity (Wildman–Crippen MR) is 95.9 cm³/mol. The quantitative estimate of drug-likeness (QED) is 0.782. The van der Waals surface area contributed by atoms with Crippen LogP contribution in [0, 0.1) is 0 Å². The highest BCUT2D eigenvalue weighted by Crippen LogP contribution is 2.13. The SMILES string of the molecule is COc1cccc(C(=O)OCC(=O)NCc2ccc(N(C)C)cc2)c1. The molecule has 0 unspecified atom stereocenters. The molecule has 0 atom stereocenters. The minimum Gasteiger partial charge on any atom is -0.497 e. The number of hydrogen-bond donors (Lipinski definition) is 1. The molecule has 0 saturated carbocycles. The van der Waals surface area contributed by atoms with Crippen LogP contribution >= 0.6 is 0 Å². The second-order valence-electron chi connectivity index (χ2n) is 5.65. The van der Waals surface area contributed by atoms with Gasteiger partial charge in [-0.15, -0.1) is 0 Å². The number of carbonyl (C=O) groups is 2. The number of methoxy groups -OCH3 is 1. The molecule has 1 N–H and O–H groups in total. The van der Waals surface area contributed by atoms with E-state index in [1.807, 2.05) is 43.3 Å². The Morgan fingerprint density at radius 2 is 1.80 bits per heavy atom. The Kier molecular flexibility index (Phi) is 6.39. The van der Waals surface area contributed by atoms with Gasteiger partial charge in [0, 0.05) is 26.3 Å². The third-order valence-corrected chi connectivity index (χ3v) is 3.58. The molecule has 0 aliphatic rings. The first kappa shape index (κ1) is 18.3. The highest BCUT2D eigenvalue weighted by Gasteiger charge is 2.11. The van der Waals surface area contributed by atoms with Crippen LogP contribution in [0.3, 0.4) is 0 Å². The number of hydrogen-bond acceptors (Lipinski definition) is 5. The summed E-state index contributed by atoms with van der Waals surface area (Å²) in [6.07, 6.45) is 0. The van der Waals surface area contributed by atoms with Crippen LogP contribution in [-0.2, 0) is 16.1 Å². The fourth-order valence-corrected chi connectivity index (χ4v) is 2.13. The monoisotopic (exact) mass is 342 g/mol. The summed E-state index contributed by atoms with van der Waals surface area (Å²) in [7, 11) is 5.45. The van der Waals surface area contributed by atoms with Crippen molar-refractivity contribution in [2.24, 2.45) is 0 Å². The van der Waals surface area contributed by atoms with Gasteiger partial charge in [0.1, 0.15) is 5.75 Å². The average Bonchev–Trinajstić information content (AvgIpc) is 2.64. The second kappa shape index (κ2) is 8.73. The lowest BCUT2D eigenvalue weighted by Gasteiger charge is -2.13. The second-order valence-corrected chi connectivity index (χ2v) is 5.65. The maximum Gasteiger partial charge on any atom is 0.338 e. The van der Waals surface area contributed by atoms with E-state index in [1.165, 1.54) is 7.11 Å². The van der Waals surface area contributed by atoms with E-state index in [2.05, 4.69) is 5.32 Å². The third kappa shape index (κ3) is 5.53. The van der Waals surface area contributed by atoms with Crippen LogP contribution in [0.25, 0.3) is 0 Å². The molecule has 1 amide bonds. The van der Waals surface area contributed by atoms with E-state index in [0.29, 0.717) is 17.9 Å². The molecule has 132 valence electrons. The van der Waals surface area contributed by atoms with Crippen molar-refractivity contribution in [3.05, 3.63) is 59.7 Å². The summed E-state index contributed by atoms with van der Waals surface area (Å²) in [5.74, 6) is -0.364. The van der Waals surface area contributed by atoms with E-state index in [-0.39, 0.29) is 12.5 Å². The summed E-state index contributed by atoms with van der Waals surface area (Å²) in [6, 6.07) is 14.4. The van der Waals surface area contributed by atoms with Gasteiger partial charge in [-0.25, -0.2) is 4.79 Å². The first-order valence-corrected chi connectivity index (χ1v) is 7.83. The Morgan fingerprint density at radius 3 is 2.44 bits per heavy atom. The molecule has 0 radical (unpaired) electrons. The lowest BCUT2D eigenvalue weighted by molar-refractivity contribution is -0.124. The minimum atomic E-state index is -0.565. The molecule has 0 heterocycles. The molecule has 2 aromatic carbocycles. The lowest BCUT2D eigenvalue weighted by Crippen LogP contribution is -2.28. The zero-order valence-corrected chi connectivity index (χ0v) is 14.6. The molecule has 0 spiro atoms. The predicted octanol–water partition coefficient (Wildman–Crippen LogP) is 2.23. The van der Waals surface area contributed by atoms with Crippen LogP contribution in [0.1, 0.15) is 15.9 Å². The minimum absolute atomic E-state index is 0.328. The number of anilines is 1.